The summed E-state index contributed by atoms with van der Waals surface area (Å²) < 4.78 is 0. The van der Waals surface area contributed by atoms with Crippen LogP contribution in [0.25, 0.3) is 0 Å². The van der Waals surface area contributed by atoms with E-state index in [1.807, 2.05) is 18.2 Å². The number of anilines is 1. The number of nitrogens with one attached hydrogen (secondary N) is 2. The highest BCUT2D eigenvalue weighted by Crippen LogP contribution is 2.37. The topological polar surface area (TPSA) is 61.4 Å². The molecule has 2 N–H and O–H groups in total. The second kappa shape index (κ2) is 7.16. The summed E-state index contributed by atoms with van der Waals surface area (Å²) in [4.78, 5) is 26.4. The van der Waals surface area contributed by atoms with Crippen molar-refractivity contribution in [3.05, 3.63) is 29.3 Å². The molecule has 0 saturated heterocycles. The Hall–Kier alpha value is -1.88. The van der Waals surface area contributed by atoms with Crippen LogP contribution in [0.1, 0.15) is 50.7 Å². The molecule has 0 radical (unpaired) electrons. The molecule has 0 unspecified atom stereocenters. The van der Waals surface area contributed by atoms with Crippen molar-refractivity contribution < 1.29 is 9.59 Å². The molecule has 1 aliphatic carbocycles. The van der Waals surface area contributed by atoms with Crippen LogP contribution in [0.2, 0.25) is 0 Å². The van der Waals surface area contributed by atoms with Gasteiger partial charge >= 0.3 is 11.8 Å². The Balaban J connectivity index is 1.47. The Morgan fingerprint density at radius 2 is 1.80 bits per heavy atom. The highest BCUT2D eigenvalue weighted by Gasteiger charge is 2.27. The minimum absolute atomic E-state index is 0.416. The Kier molecular flexibility index (Phi) is 5.13. The van der Waals surface area contributed by atoms with Crippen LogP contribution < -0.4 is 10.6 Å². The average Bonchev–Trinajstić information content (AvgIpc) is 2.92. The van der Waals surface area contributed by atoms with Crippen molar-refractivity contribution in [3.63, 3.8) is 0 Å². The van der Waals surface area contributed by atoms with Crippen LogP contribution in [-0.2, 0) is 22.7 Å². The summed E-state index contributed by atoms with van der Waals surface area (Å²) in [6.45, 7) is 7.00. The third kappa shape index (κ3) is 4.60. The number of fused-ring (bicyclic) bond motifs is 1. The molecule has 0 atom stereocenters. The first-order valence-electron chi connectivity index (χ1n) is 9.22. The maximum Gasteiger partial charge on any atom is 0.313 e. The summed E-state index contributed by atoms with van der Waals surface area (Å²) >= 11 is 0. The third-order valence-corrected chi connectivity index (χ3v) is 5.56. The molecule has 1 saturated carbocycles. The first-order valence-corrected chi connectivity index (χ1v) is 9.22. The fraction of sp³-hybridized carbons (Fsp3) is 0.600. The van der Waals surface area contributed by atoms with Gasteiger partial charge in [-0.05, 0) is 67.3 Å². The molecule has 25 heavy (non-hydrogen) atoms. The van der Waals surface area contributed by atoms with Gasteiger partial charge in [0.25, 0.3) is 0 Å². The van der Waals surface area contributed by atoms with Crippen LogP contribution in [0, 0.1) is 11.3 Å². The zero-order valence-corrected chi connectivity index (χ0v) is 15.5. The molecular weight excluding hydrogens is 314 g/mol. The van der Waals surface area contributed by atoms with Crippen molar-refractivity contribution >= 4 is 17.5 Å². The first-order chi connectivity index (χ1) is 11.8. The molecule has 0 spiro atoms. The lowest BCUT2D eigenvalue weighted by atomic mass is 9.73. The highest BCUT2D eigenvalue weighted by atomic mass is 16.2. The van der Waals surface area contributed by atoms with Gasteiger partial charge in [0.2, 0.25) is 0 Å². The van der Waals surface area contributed by atoms with Crippen LogP contribution in [0.3, 0.4) is 0 Å². The number of benzene rings is 1. The van der Waals surface area contributed by atoms with E-state index in [1.165, 1.54) is 24.0 Å². The molecular formula is C20H29N3O2. The predicted molar refractivity (Wildman–Crippen MR) is 99.0 cm³/mol. The fourth-order valence-corrected chi connectivity index (χ4v) is 3.81. The Morgan fingerprint density at radius 1 is 1.12 bits per heavy atom. The van der Waals surface area contributed by atoms with Crippen molar-refractivity contribution in [3.8, 4) is 0 Å². The molecule has 3 rings (SSSR count). The standard InChI is InChI=1S/C20H29N3O2/c1-20(2)8-6-14(7-9-20)11-21-18(24)19(25)22-17-5-4-15-12-23(3)13-16(15)10-17/h4-5,10,14H,6-9,11-13H2,1-3H3,(H,21,24)(H,22,25). The van der Waals surface area contributed by atoms with Crippen molar-refractivity contribution in [2.75, 3.05) is 18.9 Å². The number of carbonyl (C=O) groups is 2. The van der Waals surface area contributed by atoms with Gasteiger partial charge < -0.3 is 10.6 Å². The van der Waals surface area contributed by atoms with Gasteiger partial charge in [-0.3, -0.25) is 14.5 Å². The quantitative estimate of drug-likeness (QED) is 0.830. The van der Waals surface area contributed by atoms with E-state index in [0.717, 1.165) is 25.9 Å². The normalized spacial score (nSPS) is 20.1. The average molecular weight is 343 g/mol. The van der Waals surface area contributed by atoms with Crippen LogP contribution in [0.15, 0.2) is 18.2 Å². The van der Waals surface area contributed by atoms with E-state index in [2.05, 4.69) is 36.4 Å². The van der Waals surface area contributed by atoms with Crippen molar-refractivity contribution in [1.82, 2.24) is 10.2 Å². The molecule has 5 nitrogen and oxygen atoms in total. The van der Waals surface area contributed by atoms with Crippen LogP contribution in [-0.4, -0.2) is 30.3 Å². The SMILES string of the molecule is CN1Cc2ccc(NC(=O)C(=O)NCC3CCC(C)(C)CC3)cc2C1. The van der Waals surface area contributed by atoms with Gasteiger partial charge in [-0.25, -0.2) is 0 Å². The highest BCUT2D eigenvalue weighted by molar-refractivity contribution is 6.39. The summed E-state index contributed by atoms with van der Waals surface area (Å²) in [5.74, 6) is -0.634. The second-order valence-corrected chi connectivity index (χ2v) is 8.43. The van der Waals surface area contributed by atoms with E-state index in [4.69, 9.17) is 0 Å². The number of rotatable bonds is 3. The summed E-state index contributed by atoms with van der Waals surface area (Å²) in [6.07, 6.45) is 4.60. The largest absolute Gasteiger partial charge is 0.348 e. The summed E-state index contributed by atoms with van der Waals surface area (Å²) in [6, 6.07) is 5.86. The van der Waals surface area contributed by atoms with Crippen LogP contribution in [0.5, 0.6) is 0 Å². The Morgan fingerprint density at radius 3 is 2.52 bits per heavy atom. The lowest BCUT2D eigenvalue weighted by Crippen LogP contribution is -2.39. The maximum atomic E-state index is 12.1. The third-order valence-electron chi connectivity index (χ3n) is 5.56. The molecule has 1 aliphatic heterocycles. The van der Waals surface area contributed by atoms with Gasteiger partial charge in [0.1, 0.15) is 0 Å². The lowest BCUT2D eigenvalue weighted by molar-refractivity contribution is -0.136. The Labute approximate surface area is 150 Å². The van der Waals surface area contributed by atoms with E-state index in [9.17, 15) is 9.59 Å². The molecule has 136 valence electrons. The second-order valence-electron chi connectivity index (χ2n) is 8.43. The van der Waals surface area contributed by atoms with Gasteiger partial charge in [-0.15, -0.1) is 0 Å². The molecule has 0 aromatic heterocycles. The van der Waals surface area contributed by atoms with Crippen LogP contribution >= 0.6 is 0 Å². The number of hydrogen-bond donors (Lipinski definition) is 2. The predicted octanol–water partition coefficient (Wildman–Crippen LogP) is 2.90. The van der Waals surface area contributed by atoms with Crippen molar-refractivity contribution in [2.24, 2.45) is 11.3 Å². The summed E-state index contributed by atoms with van der Waals surface area (Å²) in [5, 5.41) is 5.52. The number of carbonyl (C=O) groups excluding carboxylic acids is 2. The Bertz CT molecular complexity index is 659. The van der Waals surface area contributed by atoms with E-state index < -0.39 is 11.8 Å². The van der Waals surface area contributed by atoms with E-state index in [1.54, 1.807) is 0 Å². The molecule has 2 amide bonds. The molecule has 5 heteroatoms. The molecule has 1 aromatic rings. The van der Waals surface area contributed by atoms with Gasteiger partial charge in [0.05, 0.1) is 0 Å². The van der Waals surface area contributed by atoms with Crippen LogP contribution in [0.4, 0.5) is 5.69 Å². The molecule has 0 bridgehead atoms. The fourth-order valence-electron chi connectivity index (χ4n) is 3.81. The first kappa shape index (κ1) is 17.9. The van der Waals surface area contributed by atoms with E-state index >= 15 is 0 Å². The number of hydrogen-bond acceptors (Lipinski definition) is 3. The smallest absolute Gasteiger partial charge is 0.313 e. The molecule has 1 fully saturated rings. The minimum atomic E-state index is -0.581. The monoisotopic (exact) mass is 343 g/mol. The number of amides is 2. The number of nitrogens with zero attached hydrogens (tertiary/aromatic N) is 1. The van der Waals surface area contributed by atoms with E-state index in [0.29, 0.717) is 23.6 Å². The van der Waals surface area contributed by atoms with Gasteiger partial charge in [-0.2, -0.15) is 0 Å². The summed E-state index contributed by atoms with van der Waals surface area (Å²) in [7, 11) is 2.07. The maximum absolute atomic E-state index is 12.1. The molecule has 1 aromatic carbocycles. The zero-order chi connectivity index (χ0) is 18.0. The van der Waals surface area contributed by atoms with Crippen molar-refractivity contribution in [1.29, 1.82) is 0 Å². The van der Waals surface area contributed by atoms with Gasteiger partial charge in [0.15, 0.2) is 0 Å². The molecule has 1 heterocycles. The minimum Gasteiger partial charge on any atom is -0.348 e. The zero-order valence-electron chi connectivity index (χ0n) is 15.5. The van der Waals surface area contributed by atoms with Crippen molar-refractivity contribution in [2.45, 2.75) is 52.6 Å². The van der Waals surface area contributed by atoms with Gasteiger partial charge in [0, 0.05) is 25.3 Å². The van der Waals surface area contributed by atoms with E-state index in [-0.39, 0.29) is 0 Å². The molecule has 2 aliphatic rings. The lowest BCUT2D eigenvalue weighted by Gasteiger charge is -2.34. The summed E-state index contributed by atoms with van der Waals surface area (Å²) in [5.41, 5.74) is 3.60. The van der Waals surface area contributed by atoms with Gasteiger partial charge in [-0.1, -0.05) is 19.9 Å².